The van der Waals surface area contributed by atoms with E-state index in [0.717, 1.165) is 0 Å². The molecule has 0 saturated heterocycles. The van der Waals surface area contributed by atoms with Crippen molar-refractivity contribution < 1.29 is 19.1 Å². The zero-order valence-corrected chi connectivity index (χ0v) is 16.5. The summed E-state index contributed by atoms with van der Waals surface area (Å²) in [6.45, 7) is 10.6. The van der Waals surface area contributed by atoms with Crippen molar-refractivity contribution in [2.24, 2.45) is 17.6 Å². The number of rotatable bonds is 11. The van der Waals surface area contributed by atoms with Gasteiger partial charge in [0.1, 0.15) is 11.4 Å². The van der Waals surface area contributed by atoms with Crippen LogP contribution < -0.4 is 15.8 Å². The lowest BCUT2D eigenvalue weighted by molar-refractivity contribution is -0.146. The van der Waals surface area contributed by atoms with Crippen LogP contribution in [-0.2, 0) is 14.3 Å². The van der Waals surface area contributed by atoms with E-state index in [9.17, 15) is 9.59 Å². The number of carbonyl (C=O) groups is 2. The van der Waals surface area contributed by atoms with Crippen molar-refractivity contribution >= 4 is 17.5 Å². The third kappa shape index (κ3) is 7.04. The van der Waals surface area contributed by atoms with E-state index in [2.05, 4.69) is 33.0 Å². The van der Waals surface area contributed by atoms with Gasteiger partial charge in [-0.15, -0.1) is 0 Å². The van der Waals surface area contributed by atoms with Crippen LogP contribution in [0.2, 0.25) is 0 Å². The van der Waals surface area contributed by atoms with Crippen LogP contribution in [0, 0.1) is 11.8 Å². The van der Waals surface area contributed by atoms with Gasteiger partial charge in [0.25, 0.3) is 11.8 Å². The minimum Gasteiger partial charge on any atom is -0.484 e. The molecule has 0 saturated carbocycles. The lowest BCUT2D eigenvalue weighted by atomic mass is 9.83. The summed E-state index contributed by atoms with van der Waals surface area (Å²) in [6, 6.07) is 6.84. The van der Waals surface area contributed by atoms with Crippen LogP contribution in [-0.4, -0.2) is 30.6 Å². The molecule has 6 nitrogen and oxygen atoms in total. The number of ether oxygens (including phenoxy) is 2. The second kappa shape index (κ2) is 10.2. The van der Waals surface area contributed by atoms with Crippen molar-refractivity contribution in [1.82, 2.24) is 0 Å². The molecule has 2 amide bonds. The molecule has 0 aromatic heterocycles. The molecule has 0 atom stereocenters. The van der Waals surface area contributed by atoms with Gasteiger partial charge in [-0.25, -0.2) is 0 Å². The summed E-state index contributed by atoms with van der Waals surface area (Å²) in [6.07, 6.45) is 1.31. The van der Waals surface area contributed by atoms with Crippen molar-refractivity contribution in [2.45, 2.75) is 53.1 Å². The number of amides is 2. The van der Waals surface area contributed by atoms with Crippen molar-refractivity contribution in [3.8, 4) is 5.75 Å². The van der Waals surface area contributed by atoms with E-state index >= 15 is 0 Å². The summed E-state index contributed by atoms with van der Waals surface area (Å²) < 4.78 is 11.2. The highest BCUT2D eigenvalue weighted by Gasteiger charge is 2.40. The highest BCUT2D eigenvalue weighted by molar-refractivity contribution is 5.97. The number of nitrogens with two attached hydrogens (primary N) is 1. The minimum absolute atomic E-state index is 0.132. The number of hydrogen-bond acceptors (Lipinski definition) is 4. The Labute approximate surface area is 156 Å². The molecule has 1 aromatic rings. The Balaban J connectivity index is 2.92. The predicted octanol–water partition coefficient (Wildman–Crippen LogP) is 3.36. The van der Waals surface area contributed by atoms with E-state index < -0.39 is 11.5 Å². The second-order valence-electron chi connectivity index (χ2n) is 7.36. The Morgan fingerprint density at radius 1 is 1.08 bits per heavy atom. The average molecular weight is 364 g/mol. The highest BCUT2D eigenvalue weighted by atomic mass is 16.5. The van der Waals surface area contributed by atoms with E-state index in [1.165, 1.54) is 0 Å². The van der Waals surface area contributed by atoms with Crippen LogP contribution in [0.25, 0.3) is 0 Å². The fraction of sp³-hybridized carbons (Fsp3) is 0.600. The first-order valence-corrected chi connectivity index (χ1v) is 9.15. The third-order valence-corrected chi connectivity index (χ3v) is 3.80. The minimum atomic E-state index is -0.849. The molecule has 26 heavy (non-hydrogen) atoms. The van der Waals surface area contributed by atoms with E-state index in [4.69, 9.17) is 15.2 Å². The van der Waals surface area contributed by atoms with Crippen LogP contribution in [0.1, 0.15) is 47.5 Å². The molecule has 0 fully saturated rings. The molecule has 0 radical (unpaired) electrons. The van der Waals surface area contributed by atoms with Gasteiger partial charge >= 0.3 is 0 Å². The molecule has 1 aromatic carbocycles. The summed E-state index contributed by atoms with van der Waals surface area (Å²) in [7, 11) is 0. The molecule has 1 rings (SSSR count). The van der Waals surface area contributed by atoms with Gasteiger partial charge in [0.05, 0.1) is 0 Å². The fourth-order valence-corrected chi connectivity index (χ4v) is 3.08. The highest BCUT2D eigenvalue weighted by Crippen LogP contribution is 2.31. The van der Waals surface area contributed by atoms with Gasteiger partial charge < -0.3 is 20.5 Å². The van der Waals surface area contributed by atoms with Crippen molar-refractivity contribution in [3.05, 3.63) is 24.3 Å². The molecule has 0 aliphatic heterocycles. The maximum absolute atomic E-state index is 13.1. The molecule has 0 aliphatic carbocycles. The van der Waals surface area contributed by atoms with Gasteiger partial charge in [0, 0.05) is 12.3 Å². The Bertz CT molecular complexity index is 572. The van der Waals surface area contributed by atoms with Crippen molar-refractivity contribution in [3.63, 3.8) is 0 Å². The third-order valence-electron chi connectivity index (χ3n) is 3.80. The maximum Gasteiger partial charge on any atom is 0.256 e. The monoisotopic (exact) mass is 364 g/mol. The van der Waals surface area contributed by atoms with Gasteiger partial charge in [0.2, 0.25) is 0 Å². The molecule has 0 spiro atoms. The average Bonchev–Trinajstić information content (AvgIpc) is 2.53. The van der Waals surface area contributed by atoms with Gasteiger partial charge in [-0.05, 0) is 55.9 Å². The second-order valence-corrected chi connectivity index (χ2v) is 7.36. The molecule has 0 heterocycles. The van der Waals surface area contributed by atoms with Crippen LogP contribution in [0.15, 0.2) is 24.3 Å². The Kier molecular flexibility index (Phi) is 8.58. The molecule has 0 aliphatic rings. The first-order chi connectivity index (χ1) is 12.2. The zero-order valence-electron chi connectivity index (χ0n) is 16.5. The molecule has 6 heteroatoms. The summed E-state index contributed by atoms with van der Waals surface area (Å²) in [5, 5.41) is 2.96. The Hall–Kier alpha value is -2.08. The number of carbonyl (C=O) groups excluding carboxylic acids is 2. The number of benzene rings is 1. The topological polar surface area (TPSA) is 90.7 Å². The Morgan fingerprint density at radius 3 is 2.04 bits per heavy atom. The van der Waals surface area contributed by atoms with Gasteiger partial charge in [-0.3, -0.25) is 9.59 Å². The van der Waals surface area contributed by atoms with Crippen LogP contribution >= 0.6 is 0 Å². The van der Waals surface area contributed by atoms with E-state index in [0.29, 0.717) is 42.7 Å². The molecular formula is C20H32N2O4. The van der Waals surface area contributed by atoms with Gasteiger partial charge in [0.15, 0.2) is 6.61 Å². The number of hydrogen-bond donors (Lipinski definition) is 2. The molecule has 146 valence electrons. The summed E-state index contributed by atoms with van der Waals surface area (Å²) in [4.78, 5) is 23.8. The number of anilines is 1. The smallest absolute Gasteiger partial charge is 0.256 e. The quantitative estimate of drug-likeness (QED) is 0.630. The normalized spacial score (nSPS) is 11.7. The number of primary amides is 1. The SMILES string of the molecule is CCOC(CC(C)C)(CC(C)C)C(=O)Nc1ccc(OCC(N)=O)cc1. The summed E-state index contributed by atoms with van der Waals surface area (Å²) in [5.41, 5.74) is 4.86. The fourth-order valence-electron chi connectivity index (χ4n) is 3.08. The molecule has 3 N–H and O–H groups in total. The molecule has 0 unspecified atom stereocenters. The standard InChI is InChI=1S/C20H32N2O4/c1-6-26-20(11-14(2)3,12-15(4)5)19(24)22-16-7-9-17(10-8-16)25-13-18(21)23/h7-10,14-15H,6,11-13H2,1-5H3,(H2,21,23)(H,22,24). The largest absolute Gasteiger partial charge is 0.484 e. The lowest BCUT2D eigenvalue weighted by Gasteiger charge is -2.35. The first kappa shape index (κ1) is 22.0. The van der Waals surface area contributed by atoms with Crippen LogP contribution in [0.5, 0.6) is 5.75 Å². The van der Waals surface area contributed by atoms with Crippen molar-refractivity contribution in [2.75, 3.05) is 18.5 Å². The van der Waals surface area contributed by atoms with Crippen molar-refractivity contribution in [1.29, 1.82) is 0 Å². The van der Waals surface area contributed by atoms with Gasteiger partial charge in [-0.1, -0.05) is 27.7 Å². The lowest BCUT2D eigenvalue weighted by Crippen LogP contribution is -2.47. The molecular weight excluding hydrogens is 332 g/mol. The number of nitrogens with one attached hydrogen (secondary N) is 1. The van der Waals surface area contributed by atoms with E-state index in [-0.39, 0.29) is 12.5 Å². The van der Waals surface area contributed by atoms with Crippen LogP contribution in [0.3, 0.4) is 0 Å². The first-order valence-electron chi connectivity index (χ1n) is 9.15. The molecule has 0 bridgehead atoms. The van der Waals surface area contributed by atoms with E-state index in [1.807, 2.05) is 6.92 Å². The maximum atomic E-state index is 13.1. The van der Waals surface area contributed by atoms with Gasteiger partial charge in [-0.2, -0.15) is 0 Å². The Morgan fingerprint density at radius 2 is 1.62 bits per heavy atom. The summed E-state index contributed by atoms with van der Waals surface area (Å²) in [5.74, 6) is 0.507. The van der Waals surface area contributed by atoms with E-state index in [1.54, 1.807) is 24.3 Å². The zero-order chi connectivity index (χ0) is 19.7. The predicted molar refractivity (Wildman–Crippen MR) is 103 cm³/mol. The van der Waals surface area contributed by atoms with Crippen LogP contribution in [0.4, 0.5) is 5.69 Å². The summed E-state index contributed by atoms with van der Waals surface area (Å²) >= 11 is 0.